The number of ether oxygens (including phenoxy) is 4. The zero-order chi connectivity index (χ0) is 55.7. The molecule has 6 aliphatic rings. The van der Waals surface area contributed by atoms with E-state index in [4.69, 9.17) is 29.2 Å². The number of hydrogen-bond donors (Lipinski definition) is 6. The molecule has 5 fully saturated rings. The highest BCUT2D eigenvalue weighted by molar-refractivity contribution is 7.46. The van der Waals surface area contributed by atoms with E-state index in [9.17, 15) is 38.9 Å². The summed E-state index contributed by atoms with van der Waals surface area (Å²) in [6, 6.07) is 14.4. The first kappa shape index (κ1) is 60.5. The van der Waals surface area contributed by atoms with Gasteiger partial charge in [-0.05, 0) is 143 Å². The highest BCUT2D eigenvalue weighted by Gasteiger charge is 2.71. The molecule has 7 unspecified atom stereocenters. The van der Waals surface area contributed by atoms with Gasteiger partial charge in [-0.3, -0.25) is 24.2 Å². The number of rotatable bonds is 29. The molecule has 5 aliphatic carbocycles. The molecule has 1 heterocycles. The molecule has 4 saturated carbocycles. The van der Waals surface area contributed by atoms with Crippen molar-refractivity contribution in [2.45, 2.75) is 173 Å². The van der Waals surface area contributed by atoms with Crippen molar-refractivity contribution >= 4 is 25.4 Å². The first-order chi connectivity index (χ1) is 37.3. The van der Waals surface area contributed by atoms with E-state index < -0.39 is 67.8 Å². The molecule has 2 aromatic carbocycles. The maximum Gasteiger partial charge on any atom is 0.524 e. The second kappa shape index (κ2) is 27.0. The van der Waals surface area contributed by atoms with Gasteiger partial charge in [0.05, 0.1) is 51.0 Å². The fraction of sp³-hybridized carbons (Fsp3) is 0.689. The van der Waals surface area contributed by atoms with Crippen LogP contribution < -0.4 is 15.6 Å². The molecular weight excluding hydrogens is 1010 g/mol. The first-order valence-electron chi connectivity index (χ1n) is 29.3. The summed E-state index contributed by atoms with van der Waals surface area (Å²) in [5, 5.41) is 26.6. The van der Waals surface area contributed by atoms with E-state index >= 15 is 0 Å². The van der Waals surface area contributed by atoms with E-state index in [0.717, 1.165) is 109 Å². The molecule has 7 N–H and O–H groups in total. The Labute approximate surface area is 463 Å². The number of hydrogen-bond acceptors (Lipinski definition) is 13. The van der Waals surface area contributed by atoms with Gasteiger partial charge < -0.3 is 49.2 Å². The van der Waals surface area contributed by atoms with Gasteiger partial charge in [0.15, 0.2) is 17.9 Å². The Balaban J connectivity index is 0.783. The van der Waals surface area contributed by atoms with Crippen LogP contribution >= 0.6 is 7.82 Å². The number of carbonyl (C=O) groups excluding carboxylic acids is 3. The molecule has 8 rings (SSSR count). The Morgan fingerprint density at radius 2 is 1.64 bits per heavy atom. The number of fused-ring (bicyclic) bond motifs is 7. The van der Waals surface area contributed by atoms with Crippen LogP contribution in [0.2, 0.25) is 0 Å². The summed E-state index contributed by atoms with van der Waals surface area (Å²) < 4.78 is 42.9. The maximum absolute atomic E-state index is 14.6. The molecule has 1 saturated heterocycles. The van der Waals surface area contributed by atoms with Gasteiger partial charge in [0.1, 0.15) is 24.9 Å². The lowest BCUT2D eigenvalue weighted by molar-refractivity contribution is -0.903. The standard InChI is InChI=1S/C61H90N3O13P/c1-60-30-29-46(65)36-45(60)26-27-47-53(60)49(66)37-61(2)54(47)56-57(76-59(75-56)42-22-11-8-12-23-42)55(61)51(68)40-74-58(69)48(62)24-13-16-32-64(3,4)39-44-35-43(25-28-52(44)77-78(70,71)72)50(67)38-63-31-15-5-6-17-33-73-34-18-14-21-41-19-9-7-10-20-41/h7,9-10,19-20,25,28-30,35-36,42,47-50,53-57,59,63,66-67H,5-6,8,11-18,21-24,26-27,31-34,37-40,62H2,1-4H3,(H-,70,71,72)/p+1/t47?,48?,49?,50?,53?,54?,55-,56?,57+,59+,60-,61-/m0/s1. The van der Waals surface area contributed by atoms with Crippen molar-refractivity contribution in [3.8, 4) is 5.75 Å². The quantitative estimate of drug-likeness (QED) is 0.0194. The summed E-state index contributed by atoms with van der Waals surface area (Å²) in [6.07, 6.45) is 18.6. The number of nitrogens with zero attached hydrogens (tertiary/aromatic N) is 1. The Hall–Kier alpha value is -3.64. The third-order valence-electron chi connectivity index (χ3n) is 18.5. The zero-order valence-electron chi connectivity index (χ0n) is 46.8. The number of nitrogens with two attached hydrogens (primary N) is 1. The average Bonchev–Trinajstić information content (AvgIpc) is 4.15. The van der Waals surface area contributed by atoms with E-state index in [0.29, 0.717) is 60.9 Å². The van der Waals surface area contributed by atoms with Crippen LogP contribution in [0.25, 0.3) is 0 Å². The van der Waals surface area contributed by atoms with Gasteiger partial charge in [-0.15, -0.1) is 0 Å². The van der Waals surface area contributed by atoms with Gasteiger partial charge in [0.2, 0.25) is 0 Å². The van der Waals surface area contributed by atoms with E-state index in [2.05, 4.69) is 43.4 Å². The van der Waals surface area contributed by atoms with Crippen LogP contribution in [-0.2, 0) is 50.9 Å². The lowest BCUT2D eigenvalue weighted by Gasteiger charge is -2.59. The third-order valence-corrected chi connectivity index (χ3v) is 19.0. The number of benzene rings is 2. The molecule has 432 valence electrons. The highest BCUT2D eigenvalue weighted by atomic mass is 31.2. The molecule has 0 amide bonds. The maximum atomic E-state index is 14.6. The molecule has 0 aromatic heterocycles. The normalized spacial score (nSPS) is 29.7. The van der Waals surface area contributed by atoms with Crippen molar-refractivity contribution in [1.29, 1.82) is 0 Å². The fourth-order valence-electron chi connectivity index (χ4n) is 14.7. The summed E-state index contributed by atoms with van der Waals surface area (Å²) in [5.41, 5.74) is 8.81. The minimum Gasteiger partial charge on any atom is -0.457 e. The summed E-state index contributed by atoms with van der Waals surface area (Å²) >= 11 is 0. The van der Waals surface area contributed by atoms with Gasteiger partial charge in [-0.2, -0.15) is 0 Å². The summed E-state index contributed by atoms with van der Waals surface area (Å²) in [4.78, 5) is 60.1. The summed E-state index contributed by atoms with van der Waals surface area (Å²) in [5.74, 6) is -1.53. The molecule has 12 atom stereocenters. The van der Waals surface area contributed by atoms with Crippen molar-refractivity contribution in [3.63, 3.8) is 0 Å². The number of esters is 1. The van der Waals surface area contributed by atoms with Crippen LogP contribution in [0.3, 0.4) is 0 Å². The highest BCUT2D eigenvalue weighted by Crippen LogP contribution is 2.68. The predicted octanol–water partition coefficient (Wildman–Crippen LogP) is 8.37. The lowest BCUT2D eigenvalue weighted by Crippen LogP contribution is -2.58. The van der Waals surface area contributed by atoms with Crippen LogP contribution in [0.1, 0.15) is 146 Å². The Kier molecular flexibility index (Phi) is 20.9. The van der Waals surface area contributed by atoms with Crippen molar-refractivity contribution in [3.05, 3.63) is 89.0 Å². The van der Waals surface area contributed by atoms with E-state index in [1.54, 1.807) is 24.3 Å². The second-order valence-corrected chi connectivity index (χ2v) is 26.0. The molecule has 78 heavy (non-hydrogen) atoms. The smallest absolute Gasteiger partial charge is 0.457 e. The number of quaternary nitrogens is 1. The Morgan fingerprint density at radius 1 is 0.910 bits per heavy atom. The van der Waals surface area contributed by atoms with Gasteiger partial charge in [0, 0.05) is 42.6 Å². The minimum atomic E-state index is -4.88. The molecule has 0 bridgehead atoms. The largest absolute Gasteiger partial charge is 0.524 e. The molecule has 2 aromatic rings. The number of aliphatic hydroxyl groups excluding tert-OH is 2. The second-order valence-electron chi connectivity index (χ2n) is 24.8. The zero-order valence-corrected chi connectivity index (χ0v) is 47.7. The van der Waals surface area contributed by atoms with Gasteiger partial charge in [-0.1, -0.05) is 94.0 Å². The number of unbranched alkanes of at least 4 members (excludes halogenated alkanes) is 5. The number of aliphatic hydroxyl groups is 2. The van der Waals surface area contributed by atoms with Crippen LogP contribution in [0, 0.1) is 40.4 Å². The molecule has 1 aliphatic heterocycles. The van der Waals surface area contributed by atoms with Crippen LogP contribution in [0.4, 0.5) is 0 Å². The average molecular weight is 1110 g/mol. The van der Waals surface area contributed by atoms with Crippen LogP contribution in [-0.4, -0.2) is 126 Å². The van der Waals surface area contributed by atoms with Crippen LogP contribution in [0.5, 0.6) is 5.75 Å². The van der Waals surface area contributed by atoms with Crippen molar-refractivity contribution < 1.29 is 66.9 Å². The van der Waals surface area contributed by atoms with E-state index in [1.165, 1.54) is 18.1 Å². The first-order valence-corrected chi connectivity index (χ1v) is 30.9. The van der Waals surface area contributed by atoms with Crippen molar-refractivity contribution in [2.24, 2.45) is 46.2 Å². The number of ketones is 2. The number of aryl methyl sites for hydroxylation is 1. The molecule has 0 radical (unpaired) electrons. The van der Waals surface area contributed by atoms with Crippen LogP contribution in [0.15, 0.2) is 72.3 Å². The minimum absolute atomic E-state index is 0.0198. The van der Waals surface area contributed by atoms with Crippen molar-refractivity contribution in [1.82, 2.24) is 5.32 Å². The number of nitrogens with one attached hydrogen (secondary N) is 1. The number of Topliss-reactive ketones (excluding diaryl/α,β-unsaturated/α-hetero) is 1. The van der Waals surface area contributed by atoms with Gasteiger partial charge in [-0.25, -0.2) is 4.57 Å². The fourth-order valence-corrected chi connectivity index (χ4v) is 15.1. The number of allylic oxidation sites excluding steroid dienone is 4. The Bertz CT molecular complexity index is 2440. The summed E-state index contributed by atoms with van der Waals surface area (Å²) in [7, 11) is -0.900. The molecule has 16 nitrogen and oxygen atoms in total. The summed E-state index contributed by atoms with van der Waals surface area (Å²) in [6.45, 7) is 7.34. The SMILES string of the molecule is C[C@]12C=CC(=O)C=C1CCC1C2C(O)C[C@@]2(C)C1C1O[C@@H](C3CCCCC3)O[C@@H]1[C@@H]2C(=O)COC(=O)C(N)CCCC[N+](C)(C)Cc1cc(C(O)CNCCCCCCOCCCCc2ccccc2)ccc1OP(=O)(O)O. The molecule has 17 heteroatoms. The van der Waals surface area contributed by atoms with Gasteiger partial charge >= 0.3 is 13.8 Å². The number of carbonyl (C=O) groups is 3. The number of phosphoric ester groups is 1. The van der Waals surface area contributed by atoms with E-state index in [-0.39, 0.29) is 47.1 Å². The predicted molar refractivity (Wildman–Crippen MR) is 296 cm³/mol. The number of phosphoric acid groups is 1. The van der Waals surface area contributed by atoms with Gasteiger partial charge in [0.25, 0.3) is 0 Å². The Morgan fingerprint density at radius 3 is 2.40 bits per heavy atom. The topological polar surface area (TPSA) is 233 Å². The monoisotopic (exact) mass is 1100 g/mol. The molecule has 0 spiro atoms. The van der Waals surface area contributed by atoms with E-state index in [1.807, 2.05) is 26.2 Å². The lowest BCUT2D eigenvalue weighted by atomic mass is 9.46. The third kappa shape index (κ3) is 15.1. The van der Waals surface area contributed by atoms with Crippen molar-refractivity contribution in [2.75, 3.05) is 53.6 Å². The molecular formula is C61H91N3O13P+.